The summed E-state index contributed by atoms with van der Waals surface area (Å²) in [6, 6.07) is 10.1. The van der Waals surface area contributed by atoms with Crippen molar-refractivity contribution in [2.45, 2.75) is 25.3 Å². The largest absolute Gasteiger partial charge is 0.288 e. The van der Waals surface area contributed by atoms with Crippen molar-refractivity contribution in [2.75, 3.05) is 5.32 Å². The van der Waals surface area contributed by atoms with Crippen LogP contribution in [-0.2, 0) is 6.54 Å². The second-order valence-electron chi connectivity index (χ2n) is 5.83. The third kappa shape index (κ3) is 3.42. The van der Waals surface area contributed by atoms with Gasteiger partial charge in [0, 0.05) is 4.47 Å². The summed E-state index contributed by atoms with van der Waals surface area (Å²) < 4.78 is 2.74. The molecule has 0 spiro atoms. The highest BCUT2D eigenvalue weighted by molar-refractivity contribution is 9.10. The van der Waals surface area contributed by atoms with E-state index in [1.165, 1.54) is 24.2 Å². The number of anilines is 1. The molecular weight excluding hydrogens is 388 g/mol. The van der Waals surface area contributed by atoms with Gasteiger partial charge in [0.05, 0.1) is 11.4 Å². The van der Waals surface area contributed by atoms with E-state index in [-0.39, 0.29) is 5.91 Å². The van der Waals surface area contributed by atoms with Gasteiger partial charge in [0.2, 0.25) is 5.95 Å². The molecule has 0 saturated heterocycles. The average Bonchev–Trinajstić information content (AvgIpc) is 3.11. The molecule has 0 bridgehead atoms. The summed E-state index contributed by atoms with van der Waals surface area (Å²) in [5.41, 5.74) is 2.27. The minimum absolute atomic E-state index is 0.118. The van der Waals surface area contributed by atoms with E-state index >= 15 is 0 Å². The molecule has 2 aromatic heterocycles. The lowest BCUT2D eigenvalue weighted by molar-refractivity contribution is 0.102. The predicted octanol–water partition coefficient (Wildman–Crippen LogP) is 4.28. The van der Waals surface area contributed by atoms with Gasteiger partial charge in [-0.3, -0.25) is 10.1 Å². The third-order valence-corrected chi connectivity index (χ3v) is 5.34. The first-order chi connectivity index (χ1) is 11.7. The second-order valence-corrected chi connectivity index (χ2v) is 7.66. The lowest BCUT2D eigenvalue weighted by atomic mass is 10.1. The van der Waals surface area contributed by atoms with Gasteiger partial charge >= 0.3 is 0 Å². The van der Waals surface area contributed by atoms with E-state index in [1.807, 2.05) is 29.6 Å². The van der Waals surface area contributed by atoms with Crippen molar-refractivity contribution in [1.82, 2.24) is 14.8 Å². The molecule has 1 aliphatic rings. The minimum atomic E-state index is -0.118. The van der Waals surface area contributed by atoms with Crippen molar-refractivity contribution >= 4 is 39.1 Å². The number of benzene rings is 1. The van der Waals surface area contributed by atoms with Crippen molar-refractivity contribution in [1.29, 1.82) is 0 Å². The lowest BCUT2D eigenvalue weighted by Crippen LogP contribution is -2.13. The molecule has 24 heavy (non-hydrogen) atoms. The van der Waals surface area contributed by atoms with Crippen LogP contribution in [0.25, 0.3) is 0 Å². The van der Waals surface area contributed by atoms with Crippen LogP contribution >= 0.6 is 27.3 Å². The van der Waals surface area contributed by atoms with E-state index in [1.54, 1.807) is 11.0 Å². The number of amides is 1. The Balaban J connectivity index is 1.45. The minimum Gasteiger partial charge on any atom is -0.288 e. The molecule has 1 amide bonds. The van der Waals surface area contributed by atoms with Crippen LogP contribution in [0.4, 0.5) is 5.95 Å². The van der Waals surface area contributed by atoms with Gasteiger partial charge in [0.25, 0.3) is 5.91 Å². The smallest absolute Gasteiger partial charge is 0.268 e. The van der Waals surface area contributed by atoms with Crippen LogP contribution < -0.4 is 5.32 Å². The lowest BCUT2D eigenvalue weighted by Gasteiger charge is -2.03. The van der Waals surface area contributed by atoms with Crippen LogP contribution in [0.5, 0.6) is 0 Å². The van der Waals surface area contributed by atoms with E-state index in [4.69, 9.17) is 0 Å². The van der Waals surface area contributed by atoms with Crippen LogP contribution in [-0.4, -0.2) is 20.7 Å². The molecule has 7 heteroatoms. The Labute approximate surface area is 151 Å². The zero-order valence-corrected chi connectivity index (χ0v) is 15.2. The third-order valence-electron chi connectivity index (χ3n) is 3.91. The molecule has 122 valence electrons. The number of nitrogens with one attached hydrogen (secondary N) is 1. The first kappa shape index (κ1) is 15.5. The normalized spacial score (nSPS) is 13.9. The van der Waals surface area contributed by atoms with Gasteiger partial charge in [-0.05, 0) is 53.5 Å². The Morgan fingerprint density at radius 1 is 1.38 bits per heavy atom. The van der Waals surface area contributed by atoms with Crippen LogP contribution in [0.2, 0.25) is 0 Å². The quantitative estimate of drug-likeness (QED) is 0.692. The molecule has 0 atom stereocenters. The van der Waals surface area contributed by atoms with Gasteiger partial charge in [-0.2, -0.15) is 0 Å². The van der Waals surface area contributed by atoms with Gasteiger partial charge in [0.15, 0.2) is 0 Å². The zero-order chi connectivity index (χ0) is 16.5. The number of aromatic nitrogens is 3. The maximum atomic E-state index is 12.4. The number of carbonyl (C=O) groups is 1. The van der Waals surface area contributed by atoms with Crippen LogP contribution in [0.15, 0.2) is 46.5 Å². The first-order valence-electron chi connectivity index (χ1n) is 7.71. The summed E-state index contributed by atoms with van der Waals surface area (Å²) in [4.78, 5) is 17.4. The number of nitrogens with zero attached hydrogens (tertiary/aromatic N) is 3. The van der Waals surface area contributed by atoms with Crippen LogP contribution in [0, 0.1) is 0 Å². The molecular formula is C17H15BrN4OS. The Morgan fingerprint density at radius 3 is 3.04 bits per heavy atom. The molecule has 1 N–H and O–H groups in total. The van der Waals surface area contributed by atoms with E-state index in [9.17, 15) is 4.79 Å². The number of hydrogen-bond donors (Lipinski definition) is 1. The Morgan fingerprint density at radius 2 is 2.25 bits per heavy atom. The molecule has 1 aromatic carbocycles. The molecule has 3 aromatic rings. The average molecular weight is 403 g/mol. The predicted molar refractivity (Wildman–Crippen MR) is 97.5 cm³/mol. The summed E-state index contributed by atoms with van der Waals surface area (Å²) >= 11 is 4.93. The summed E-state index contributed by atoms with van der Waals surface area (Å²) in [6.07, 6.45) is 3.99. The van der Waals surface area contributed by atoms with E-state index in [2.05, 4.69) is 37.4 Å². The maximum Gasteiger partial charge on any atom is 0.268 e. The maximum absolute atomic E-state index is 12.4. The molecule has 0 unspecified atom stereocenters. The van der Waals surface area contributed by atoms with Gasteiger partial charge in [-0.1, -0.05) is 28.1 Å². The zero-order valence-electron chi connectivity index (χ0n) is 12.8. The molecule has 5 nitrogen and oxygen atoms in total. The number of halogens is 1. The molecule has 0 aliphatic heterocycles. The standard InChI is InChI=1S/C17H15BrN4OS/c18-13-3-1-2-11(8-13)9-22-10-19-17(21-22)20-16(23)15-14(6-7-24-15)12-4-5-12/h1-3,6-8,10,12H,4-5,9H2,(H,20,21,23). The fourth-order valence-electron chi connectivity index (χ4n) is 2.63. The van der Waals surface area contributed by atoms with Gasteiger partial charge in [0.1, 0.15) is 6.33 Å². The highest BCUT2D eigenvalue weighted by Gasteiger charge is 2.29. The monoisotopic (exact) mass is 402 g/mol. The van der Waals surface area contributed by atoms with Gasteiger partial charge < -0.3 is 0 Å². The molecule has 2 heterocycles. The second kappa shape index (κ2) is 6.49. The number of thiophene rings is 1. The molecule has 1 fully saturated rings. The van der Waals surface area contributed by atoms with Crippen molar-refractivity contribution in [2.24, 2.45) is 0 Å². The van der Waals surface area contributed by atoms with Crippen molar-refractivity contribution in [3.8, 4) is 0 Å². The van der Waals surface area contributed by atoms with Crippen molar-refractivity contribution < 1.29 is 4.79 Å². The summed E-state index contributed by atoms with van der Waals surface area (Å²) in [7, 11) is 0. The van der Waals surface area contributed by atoms with E-state index in [0.29, 0.717) is 18.4 Å². The fraction of sp³-hybridized carbons (Fsp3) is 0.235. The first-order valence-corrected chi connectivity index (χ1v) is 9.39. The van der Waals surface area contributed by atoms with Crippen molar-refractivity contribution in [3.63, 3.8) is 0 Å². The fourth-order valence-corrected chi connectivity index (χ4v) is 3.95. The van der Waals surface area contributed by atoms with Crippen molar-refractivity contribution in [3.05, 3.63) is 62.5 Å². The highest BCUT2D eigenvalue weighted by atomic mass is 79.9. The SMILES string of the molecule is O=C(Nc1ncn(Cc2cccc(Br)c2)n1)c1sccc1C1CC1. The van der Waals surface area contributed by atoms with E-state index < -0.39 is 0 Å². The van der Waals surface area contributed by atoms with Gasteiger partial charge in [-0.25, -0.2) is 9.67 Å². The molecule has 1 aliphatic carbocycles. The number of hydrogen-bond acceptors (Lipinski definition) is 4. The summed E-state index contributed by atoms with van der Waals surface area (Å²) in [6.45, 7) is 0.606. The molecule has 4 rings (SSSR count). The molecule has 1 saturated carbocycles. The Kier molecular flexibility index (Phi) is 4.20. The van der Waals surface area contributed by atoms with Crippen LogP contribution in [0.3, 0.4) is 0 Å². The highest BCUT2D eigenvalue weighted by Crippen LogP contribution is 2.43. The Bertz CT molecular complexity index is 884. The Hall–Kier alpha value is -1.99. The number of carbonyl (C=O) groups excluding carboxylic acids is 1. The topological polar surface area (TPSA) is 59.8 Å². The van der Waals surface area contributed by atoms with Gasteiger partial charge in [-0.15, -0.1) is 16.4 Å². The van der Waals surface area contributed by atoms with Crippen LogP contribution in [0.1, 0.15) is 39.6 Å². The summed E-state index contributed by atoms with van der Waals surface area (Å²) in [5.74, 6) is 0.774. The summed E-state index contributed by atoms with van der Waals surface area (Å²) in [5, 5.41) is 9.12. The molecule has 0 radical (unpaired) electrons. The van der Waals surface area contributed by atoms with E-state index in [0.717, 1.165) is 20.5 Å². The number of rotatable bonds is 5.